The first-order chi connectivity index (χ1) is 23.8. The number of para-hydroxylation sites is 1. The van der Waals surface area contributed by atoms with Gasteiger partial charge in [-0.1, -0.05) is 152 Å². The number of anilines is 4. The normalized spacial score (nSPS) is 11.1. The van der Waals surface area contributed by atoms with Crippen LogP contribution >= 0.6 is 0 Å². The average molecular weight is 617 g/mol. The Morgan fingerprint density at radius 1 is 0.333 bits per heavy atom. The SMILES string of the molecule is c1ccc(CN(Cc2cccc3ccccc23)c2ccc(-c3ccc(N(c4ccccc4)c4cccc5ccccc45)cc3)cc2)cc1. The van der Waals surface area contributed by atoms with Crippen molar-refractivity contribution in [3.05, 3.63) is 205 Å². The molecule has 0 saturated heterocycles. The lowest BCUT2D eigenvalue weighted by atomic mass is 10.0. The van der Waals surface area contributed by atoms with Crippen molar-refractivity contribution >= 4 is 44.3 Å². The Kier molecular flexibility index (Phi) is 8.13. The summed E-state index contributed by atoms with van der Waals surface area (Å²) in [5, 5.41) is 5.05. The van der Waals surface area contributed by atoms with E-state index in [1.165, 1.54) is 55.2 Å². The fraction of sp³-hybridized carbons (Fsp3) is 0.0435. The molecule has 2 heteroatoms. The first kappa shape index (κ1) is 29.3. The maximum absolute atomic E-state index is 2.48. The van der Waals surface area contributed by atoms with Gasteiger partial charge in [-0.05, 0) is 80.9 Å². The van der Waals surface area contributed by atoms with Crippen LogP contribution in [0.25, 0.3) is 32.7 Å². The van der Waals surface area contributed by atoms with Gasteiger partial charge in [-0.25, -0.2) is 0 Å². The zero-order chi connectivity index (χ0) is 32.1. The molecule has 0 radical (unpaired) electrons. The van der Waals surface area contributed by atoms with Crippen LogP contribution in [-0.2, 0) is 13.1 Å². The molecule has 8 aromatic rings. The second-order valence-corrected chi connectivity index (χ2v) is 12.2. The Morgan fingerprint density at radius 2 is 0.833 bits per heavy atom. The number of benzene rings is 8. The fourth-order valence-electron chi connectivity index (χ4n) is 6.75. The van der Waals surface area contributed by atoms with Gasteiger partial charge in [0.1, 0.15) is 0 Å². The molecular weight excluding hydrogens is 581 g/mol. The number of fused-ring (bicyclic) bond motifs is 2. The van der Waals surface area contributed by atoms with Crippen LogP contribution in [0.2, 0.25) is 0 Å². The molecule has 0 unspecified atom stereocenters. The molecule has 8 aromatic carbocycles. The lowest BCUT2D eigenvalue weighted by Gasteiger charge is -2.27. The van der Waals surface area contributed by atoms with E-state index in [4.69, 9.17) is 0 Å². The summed E-state index contributed by atoms with van der Waals surface area (Å²) < 4.78 is 0. The van der Waals surface area contributed by atoms with Crippen molar-refractivity contribution in [2.75, 3.05) is 9.80 Å². The second-order valence-electron chi connectivity index (χ2n) is 12.2. The molecule has 8 rings (SSSR count). The quantitative estimate of drug-likeness (QED) is 0.159. The molecule has 0 spiro atoms. The predicted molar refractivity (Wildman–Crippen MR) is 204 cm³/mol. The predicted octanol–water partition coefficient (Wildman–Crippen LogP) is 12.3. The van der Waals surface area contributed by atoms with Crippen LogP contribution in [0.15, 0.2) is 194 Å². The molecule has 0 N–H and O–H groups in total. The van der Waals surface area contributed by atoms with Gasteiger partial charge in [-0.2, -0.15) is 0 Å². The Morgan fingerprint density at radius 3 is 1.52 bits per heavy atom. The summed E-state index contributed by atoms with van der Waals surface area (Å²) in [4.78, 5) is 4.83. The minimum atomic E-state index is 0.827. The van der Waals surface area contributed by atoms with E-state index in [9.17, 15) is 0 Å². The Balaban J connectivity index is 1.11. The van der Waals surface area contributed by atoms with Gasteiger partial charge in [0.25, 0.3) is 0 Å². The molecule has 0 aliphatic carbocycles. The summed E-state index contributed by atoms with van der Waals surface area (Å²) in [5.41, 5.74) is 9.66. The van der Waals surface area contributed by atoms with Gasteiger partial charge in [0, 0.05) is 35.5 Å². The van der Waals surface area contributed by atoms with Crippen LogP contribution < -0.4 is 9.80 Å². The zero-order valence-corrected chi connectivity index (χ0v) is 26.8. The Labute approximate surface area is 282 Å². The van der Waals surface area contributed by atoms with Gasteiger partial charge < -0.3 is 9.80 Å². The number of nitrogens with zero attached hydrogens (tertiary/aromatic N) is 2. The molecule has 0 aromatic heterocycles. The molecule has 230 valence electrons. The maximum Gasteiger partial charge on any atom is 0.0540 e. The van der Waals surface area contributed by atoms with Crippen LogP contribution in [0, 0.1) is 0 Å². The van der Waals surface area contributed by atoms with E-state index in [0.29, 0.717) is 0 Å². The van der Waals surface area contributed by atoms with Crippen molar-refractivity contribution in [2.24, 2.45) is 0 Å². The van der Waals surface area contributed by atoms with E-state index in [1.807, 2.05) is 0 Å². The molecule has 0 amide bonds. The number of hydrogen-bond donors (Lipinski definition) is 0. The first-order valence-electron chi connectivity index (χ1n) is 16.6. The van der Waals surface area contributed by atoms with Crippen LogP contribution in [0.4, 0.5) is 22.7 Å². The summed E-state index contributed by atoms with van der Waals surface area (Å²) in [6, 6.07) is 69.8. The van der Waals surface area contributed by atoms with Gasteiger partial charge in [-0.15, -0.1) is 0 Å². The highest BCUT2D eigenvalue weighted by molar-refractivity contribution is 5.99. The van der Waals surface area contributed by atoms with Crippen molar-refractivity contribution in [3.8, 4) is 11.1 Å². The topological polar surface area (TPSA) is 6.48 Å². The largest absolute Gasteiger partial charge is 0.363 e. The van der Waals surface area contributed by atoms with E-state index < -0.39 is 0 Å². The smallest absolute Gasteiger partial charge is 0.0540 e. The fourth-order valence-corrected chi connectivity index (χ4v) is 6.75. The molecule has 0 aliphatic heterocycles. The molecule has 0 saturated carbocycles. The monoisotopic (exact) mass is 616 g/mol. The van der Waals surface area contributed by atoms with Gasteiger partial charge in [-0.3, -0.25) is 0 Å². The minimum Gasteiger partial charge on any atom is -0.363 e. The summed E-state index contributed by atoms with van der Waals surface area (Å²) in [7, 11) is 0. The van der Waals surface area contributed by atoms with E-state index in [0.717, 1.165) is 24.5 Å². The van der Waals surface area contributed by atoms with Crippen molar-refractivity contribution in [1.82, 2.24) is 0 Å². The summed E-state index contributed by atoms with van der Waals surface area (Å²) in [5.74, 6) is 0. The third-order valence-corrected chi connectivity index (χ3v) is 9.17. The van der Waals surface area contributed by atoms with E-state index in [2.05, 4.69) is 204 Å². The molecule has 0 bridgehead atoms. The minimum absolute atomic E-state index is 0.827. The van der Waals surface area contributed by atoms with Crippen molar-refractivity contribution in [3.63, 3.8) is 0 Å². The summed E-state index contributed by atoms with van der Waals surface area (Å²) in [6.07, 6.45) is 0. The standard InChI is InChI=1S/C46H36N2/c1-3-13-35(14-4-1)33-47(34-40-19-11-17-38-15-7-9-22-44(38)40)41-29-25-36(26-30-41)37-27-31-43(32-28-37)48(42-20-5-2-6-21-42)46-24-12-18-39-16-8-10-23-45(39)46/h1-32H,33-34H2. The Hall–Kier alpha value is -6.12. The average Bonchev–Trinajstić information content (AvgIpc) is 3.16. The van der Waals surface area contributed by atoms with Crippen LogP contribution in [0.3, 0.4) is 0 Å². The molecule has 0 atom stereocenters. The van der Waals surface area contributed by atoms with Crippen molar-refractivity contribution in [1.29, 1.82) is 0 Å². The van der Waals surface area contributed by atoms with Gasteiger partial charge in [0.05, 0.1) is 5.69 Å². The van der Waals surface area contributed by atoms with Crippen molar-refractivity contribution < 1.29 is 0 Å². The highest BCUT2D eigenvalue weighted by Crippen LogP contribution is 2.39. The molecule has 0 heterocycles. The van der Waals surface area contributed by atoms with Crippen LogP contribution in [0.5, 0.6) is 0 Å². The molecule has 48 heavy (non-hydrogen) atoms. The van der Waals surface area contributed by atoms with E-state index in [1.54, 1.807) is 0 Å². The van der Waals surface area contributed by atoms with Gasteiger partial charge >= 0.3 is 0 Å². The number of rotatable bonds is 9. The first-order valence-corrected chi connectivity index (χ1v) is 16.6. The highest BCUT2D eigenvalue weighted by Gasteiger charge is 2.16. The third kappa shape index (κ3) is 6.04. The number of hydrogen-bond acceptors (Lipinski definition) is 2. The molecule has 0 aliphatic rings. The molecule has 2 nitrogen and oxygen atoms in total. The second kappa shape index (κ2) is 13.3. The summed E-state index contributed by atoms with van der Waals surface area (Å²) >= 11 is 0. The highest BCUT2D eigenvalue weighted by atomic mass is 15.1. The summed E-state index contributed by atoms with van der Waals surface area (Å²) in [6.45, 7) is 1.66. The maximum atomic E-state index is 2.48. The lowest BCUT2D eigenvalue weighted by molar-refractivity contribution is 0.804. The molecular formula is C46H36N2. The van der Waals surface area contributed by atoms with E-state index >= 15 is 0 Å². The third-order valence-electron chi connectivity index (χ3n) is 9.17. The Bertz CT molecular complexity index is 2260. The van der Waals surface area contributed by atoms with Crippen molar-refractivity contribution in [2.45, 2.75) is 13.1 Å². The van der Waals surface area contributed by atoms with E-state index in [-0.39, 0.29) is 0 Å². The van der Waals surface area contributed by atoms with Gasteiger partial charge in [0.15, 0.2) is 0 Å². The molecule has 0 fully saturated rings. The lowest BCUT2D eigenvalue weighted by Crippen LogP contribution is -2.22. The van der Waals surface area contributed by atoms with Crippen LogP contribution in [-0.4, -0.2) is 0 Å². The zero-order valence-electron chi connectivity index (χ0n) is 26.8. The van der Waals surface area contributed by atoms with Gasteiger partial charge in [0.2, 0.25) is 0 Å². The van der Waals surface area contributed by atoms with Crippen LogP contribution in [0.1, 0.15) is 11.1 Å².